The van der Waals surface area contributed by atoms with Gasteiger partial charge < -0.3 is 15.2 Å². The van der Waals surface area contributed by atoms with Crippen molar-refractivity contribution in [1.82, 2.24) is 30.0 Å². The fourth-order valence-corrected chi connectivity index (χ4v) is 11.1. The van der Waals surface area contributed by atoms with E-state index in [1.807, 2.05) is 54.1 Å². The molecule has 16 heteroatoms. The van der Waals surface area contributed by atoms with Gasteiger partial charge in [-0.3, -0.25) is 24.3 Å². The largest absolute Gasteiger partial charge is 0.476 e. The Kier molecular flexibility index (Phi) is 12.2. The number of anilines is 1. The molecule has 316 valence electrons. The first-order chi connectivity index (χ1) is 28.2. The minimum atomic E-state index is -4.01. The average Bonchev–Trinajstić information content (AvgIpc) is 3.75. The van der Waals surface area contributed by atoms with E-state index in [9.17, 15) is 23.1 Å². The first kappa shape index (κ1) is 43.0. The van der Waals surface area contributed by atoms with E-state index in [1.165, 1.54) is 17.5 Å². The molecule has 4 atom stereocenters. The molecular weight excluding hydrogens is 803 g/mol. The van der Waals surface area contributed by atoms with E-state index in [-0.39, 0.29) is 48.3 Å². The average molecular weight is 854 g/mol. The molecule has 2 saturated carbocycles. The van der Waals surface area contributed by atoms with Gasteiger partial charge in [0.15, 0.2) is 10.8 Å². The van der Waals surface area contributed by atoms with Crippen molar-refractivity contribution in [2.75, 3.05) is 30.8 Å². The number of aromatic nitrogens is 5. The maximum absolute atomic E-state index is 13.5. The van der Waals surface area contributed by atoms with Gasteiger partial charge in [0.1, 0.15) is 0 Å². The highest BCUT2D eigenvalue weighted by atomic mass is 32.2. The Balaban J connectivity index is 0.00000544. The molecule has 1 amide bonds. The smallest absolute Gasteiger partial charge is 0.355 e. The van der Waals surface area contributed by atoms with Crippen LogP contribution in [0.15, 0.2) is 73.2 Å². The van der Waals surface area contributed by atoms with Gasteiger partial charge in [-0.15, -0.1) is 0 Å². The molecule has 14 nitrogen and oxygen atoms in total. The zero-order chi connectivity index (χ0) is 41.5. The van der Waals surface area contributed by atoms with E-state index in [0.717, 1.165) is 53.4 Å². The van der Waals surface area contributed by atoms with Gasteiger partial charge in [0.05, 0.1) is 46.1 Å². The fraction of sp³-hybridized carbons (Fsp3) is 0.409. The minimum Gasteiger partial charge on any atom is -0.476 e. The molecule has 60 heavy (non-hydrogen) atoms. The van der Waals surface area contributed by atoms with E-state index in [0.29, 0.717) is 64.1 Å². The molecule has 2 fully saturated rings. The third kappa shape index (κ3) is 9.27. The Bertz CT molecular complexity index is 2650. The van der Waals surface area contributed by atoms with Crippen molar-refractivity contribution in [3.63, 3.8) is 0 Å². The van der Waals surface area contributed by atoms with Crippen LogP contribution >= 0.6 is 11.3 Å². The maximum atomic E-state index is 13.5. The summed E-state index contributed by atoms with van der Waals surface area (Å²) in [4.78, 5) is 39.9. The number of amides is 1. The number of thiazole rings is 1. The number of nitrogens with zero attached hydrogens (tertiary/aromatic N) is 5. The number of nitrogens with one attached hydrogen (secondary N) is 2. The summed E-state index contributed by atoms with van der Waals surface area (Å²) < 4.78 is 40.4. The summed E-state index contributed by atoms with van der Waals surface area (Å²) in [5.41, 5.74) is 4.20. The summed E-state index contributed by atoms with van der Waals surface area (Å²) in [6, 6.07) is 16.8. The highest BCUT2D eigenvalue weighted by molar-refractivity contribution is 7.85. The monoisotopic (exact) mass is 853 g/mol. The molecule has 2 aliphatic rings. The number of hydrogen-bond acceptors (Lipinski definition) is 11. The number of para-hydroxylation sites is 1. The number of carboxylic acids is 1. The van der Waals surface area contributed by atoms with Crippen LogP contribution in [0.4, 0.5) is 5.13 Å². The maximum Gasteiger partial charge on any atom is 0.355 e. The molecule has 0 radical (unpaired) electrons. The standard InChI is InChI=1S/C43H47N7O7S2.CH4/c1-26-17-42(3)19-30(57-14-12-44-13-15-59(54,55)56)20-43(18-26,24-42)25-50-27(2)33(23-46-50)31-10-11-35(47-38(31)40(52)53)28-8-9-29-21-45-22-34(32(29)16-28)39(51)49-41-48-36-6-4-5-7-37(36)58-41;/h4-11,16,21-23,26,30,44H,12-15,17-20,24-25H2,1-3H3,(H,52,53)(H,48,49,51)(H,54,55,56);1H4. The molecule has 2 bridgehead atoms. The second-order valence-electron chi connectivity index (χ2n) is 16.7. The molecule has 2 aromatic carbocycles. The van der Waals surface area contributed by atoms with Gasteiger partial charge in [0.25, 0.3) is 16.0 Å². The zero-order valence-electron chi connectivity index (χ0n) is 33.1. The molecule has 4 heterocycles. The molecule has 4 unspecified atom stereocenters. The first-order valence-corrected chi connectivity index (χ1v) is 22.2. The third-order valence-corrected chi connectivity index (χ3v) is 13.4. The number of benzene rings is 2. The minimum absolute atomic E-state index is 0. The highest BCUT2D eigenvalue weighted by Gasteiger charge is 2.51. The second-order valence-corrected chi connectivity index (χ2v) is 19.3. The van der Waals surface area contributed by atoms with Crippen LogP contribution in [0.2, 0.25) is 0 Å². The van der Waals surface area contributed by atoms with Crippen LogP contribution in [-0.2, 0) is 21.4 Å². The van der Waals surface area contributed by atoms with E-state index >= 15 is 0 Å². The van der Waals surface area contributed by atoms with Crippen LogP contribution < -0.4 is 10.6 Å². The van der Waals surface area contributed by atoms with Crippen LogP contribution in [0.1, 0.15) is 79.9 Å². The Morgan fingerprint density at radius 3 is 2.60 bits per heavy atom. The molecule has 6 aromatic rings. The molecule has 4 N–H and O–H groups in total. The van der Waals surface area contributed by atoms with Crippen molar-refractivity contribution >= 4 is 59.5 Å². The normalized spacial score (nSPS) is 21.5. The van der Waals surface area contributed by atoms with E-state index < -0.39 is 16.1 Å². The van der Waals surface area contributed by atoms with Crippen LogP contribution in [0.5, 0.6) is 0 Å². The summed E-state index contributed by atoms with van der Waals surface area (Å²) in [6.07, 6.45) is 9.93. The predicted octanol–water partition coefficient (Wildman–Crippen LogP) is 8.13. The van der Waals surface area contributed by atoms with Crippen molar-refractivity contribution in [2.45, 2.75) is 73.0 Å². The number of fused-ring (bicyclic) bond motifs is 4. The van der Waals surface area contributed by atoms with Gasteiger partial charge in [-0.1, -0.05) is 56.9 Å². The SMILES string of the molecule is C.Cc1c(-c2ccc(-c3ccc4cncc(C(=O)Nc5nc6ccccc6s5)c4c3)nc2C(=O)O)cnn1CC12CC(C)CC(C)(CC(OCCNCCS(=O)(=O)O)C1)C2. The molecule has 8 rings (SSSR count). The molecule has 0 saturated heterocycles. The number of pyridine rings is 2. The Hall–Kier alpha value is -5.13. The van der Waals surface area contributed by atoms with Gasteiger partial charge in [0, 0.05) is 59.8 Å². The van der Waals surface area contributed by atoms with Gasteiger partial charge in [-0.2, -0.15) is 13.5 Å². The summed E-state index contributed by atoms with van der Waals surface area (Å²) >= 11 is 1.39. The van der Waals surface area contributed by atoms with E-state index in [2.05, 4.69) is 39.4 Å². The molecule has 4 aromatic heterocycles. The summed E-state index contributed by atoms with van der Waals surface area (Å²) in [5.74, 6) is -1.33. The highest BCUT2D eigenvalue weighted by Crippen LogP contribution is 2.58. The number of hydrogen-bond donors (Lipinski definition) is 4. The molecule has 0 aliphatic heterocycles. The second kappa shape index (κ2) is 17.1. The lowest BCUT2D eigenvalue weighted by atomic mass is 9.52. The van der Waals surface area contributed by atoms with Crippen molar-refractivity contribution in [3.05, 3.63) is 90.1 Å². The fourth-order valence-electron chi connectivity index (χ4n) is 9.83. The zero-order valence-corrected chi connectivity index (χ0v) is 34.8. The lowest BCUT2D eigenvalue weighted by molar-refractivity contribution is -0.109. The number of carbonyl (C=O) groups excluding carboxylic acids is 1. The van der Waals surface area contributed by atoms with E-state index in [1.54, 1.807) is 24.5 Å². The third-order valence-electron chi connectivity index (χ3n) is 11.8. The number of carbonyl (C=O) groups is 2. The lowest BCUT2D eigenvalue weighted by Crippen LogP contribution is -2.49. The Morgan fingerprint density at radius 1 is 1.00 bits per heavy atom. The molecule has 2 aliphatic carbocycles. The summed E-state index contributed by atoms with van der Waals surface area (Å²) in [5, 5.41) is 23.1. The topological polar surface area (TPSA) is 199 Å². The first-order valence-electron chi connectivity index (χ1n) is 19.8. The van der Waals surface area contributed by atoms with Crippen molar-refractivity contribution in [1.29, 1.82) is 0 Å². The number of ether oxygens (including phenoxy) is 1. The Labute approximate surface area is 353 Å². The molecular formula is C44H51N7O7S2. The van der Waals surface area contributed by atoms with Gasteiger partial charge >= 0.3 is 5.97 Å². The molecule has 0 spiro atoms. The van der Waals surface area contributed by atoms with Crippen LogP contribution in [-0.4, -0.2) is 86.2 Å². The van der Waals surface area contributed by atoms with E-state index in [4.69, 9.17) is 14.4 Å². The predicted molar refractivity (Wildman–Crippen MR) is 234 cm³/mol. The van der Waals surface area contributed by atoms with Crippen molar-refractivity contribution in [3.8, 4) is 22.4 Å². The van der Waals surface area contributed by atoms with Gasteiger partial charge in [-0.05, 0) is 91.5 Å². The van der Waals surface area contributed by atoms with Crippen LogP contribution in [0.25, 0.3) is 43.4 Å². The van der Waals surface area contributed by atoms with Gasteiger partial charge in [-0.25, -0.2) is 14.8 Å². The number of carboxylic acid groups (broad SMARTS) is 1. The number of rotatable bonds is 14. The van der Waals surface area contributed by atoms with Crippen molar-refractivity contribution < 1.29 is 32.4 Å². The Morgan fingerprint density at radius 2 is 1.82 bits per heavy atom. The number of aromatic carboxylic acids is 1. The van der Waals surface area contributed by atoms with Crippen molar-refractivity contribution in [2.24, 2.45) is 16.7 Å². The van der Waals surface area contributed by atoms with Gasteiger partial charge in [0.2, 0.25) is 0 Å². The lowest BCUT2D eigenvalue weighted by Gasteiger charge is -2.55. The van der Waals surface area contributed by atoms with Crippen LogP contribution in [0.3, 0.4) is 0 Å². The summed E-state index contributed by atoms with van der Waals surface area (Å²) in [7, 11) is -4.01. The summed E-state index contributed by atoms with van der Waals surface area (Å²) in [6.45, 7) is 8.36. The van der Waals surface area contributed by atoms with Crippen LogP contribution in [0, 0.1) is 23.7 Å². The quantitative estimate of drug-likeness (QED) is 0.0607.